The van der Waals surface area contributed by atoms with Gasteiger partial charge in [-0.15, -0.1) is 0 Å². The molecule has 0 radical (unpaired) electrons. The van der Waals surface area contributed by atoms with E-state index in [1.165, 1.54) is 19.3 Å². The molecule has 2 N–H and O–H groups in total. The standard InChI is InChI=1S/C18H23N7O/c1-24-12-19-9-14(24)10-20-16-7-8-25-17(23-16)15(11-21-25)18(26)22-13-5-3-2-4-6-13/h7-9,11-13H,2-6,10H2,1H3,(H,20,23)(H,22,26). The van der Waals surface area contributed by atoms with Gasteiger partial charge in [0.25, 0.3) is 5.91 Å². The van der Waals surface area contributed by atoms with E-state index in [1.807, 2.05) is 30.1 Å². The molecular formula is C18H23N7O. The molecule has 0 unspecified atom stereocenters. The summed E-state index contributed by atoms with van der Waals surface area (Å²) >= 11 is 0. The summed E-state index contributed by atoms with van der Waals surface area (Å²) in [5, 5.41) is 10.7. The van der Waals surface area contributed by atoms with Crippen LogP contribution in [0.15, 0.2) is 31.0 Å². The number of amides is 1. The lowest BCUT2D eigenvalue weighted by atomic mass is 9.95. The Hall–Kier alpha value is -2.90. The van der Waals surface area contributed by atoms with Crippen LogP contribution in [0.2, 0.25) is 0 Å². The zero-order valence-corrected chi connectivity index (χ0v) is 14.9. The zero-order chi connectivity index (χ0) is 17.9. The Labute approximate surface area is 151 Å². The number of fused-ring (bicyclic) bond motifs is 1. The molecule has 0 aliphatic heterocycles. The molecule has 3 aromatic heterocycles. The van der Waals surface area contributed by atoms with Crippen LogP contribution in [0.3, 0.4) is 0 Å². The third kappa shape index (κ3) is 3.40. The van der Waals surface area contributed by atoms with E-state index in [9.17, 15) is 4.79 Å². The summed E-state index contributed by atoms with van der Waals surface area (Å²) in [6.45, 7) is 0.609. The zero-order valence-electron chi connectivity index (χ0n) is 14.9. The summed E-state index contributed by atoms with van der Waals surface area (Å²) < 4.78 is 3.58. The highest BCUT2D eigenvalue weighted by molar-refractivity contribution is 5.99. The minimum absolute atomic E-state index is 0.0943. The number of hydrogen-bond donors (Lipinski definition) is 2. The molecule has 1 fully saturated rings. The Balaban J connectivity index is 1.50. The Bertz CT molecular complexity index is 907. The SMILES string of the molecule is Cn1cncc1CNc1ccn2ncc(C(=O)NC3CCCCC3)c2n1. The Morgan fingerprint density at radius 1 is 1.27 bits per heavy atom. The minimum Gasteiger partial charge on any atom is -0.364 e. The molecule has 8 nitrogen and oxygen atoms in total. The van der Waals surface area contributed by atoms with E-state index in [1.54, 1.807) is 17.0 Å². The summed E-state index contributed by atoms with van der Waals surface area (Å²) in [6.07, 6.45) is 12.7. The van der Waals surface area contributed by atoms with Crippen molar-refractivity contribution in [3.63, 3.8) is 0 Å². The molecule has 1 aliphatic rings. The highest BCUT2D eigenvalue weighted by atomic mass is 16.1. The summed E-state index contributed by atoms with van der Waals surface area (Å²) in [6, 6.07) is 2.11. The van der Waals surface area contributed by atoms with Crippen LogP contribution >= 0.6 is 0 Å². The summed E-state index contributed by atoms with van der Waals surface area (Å²) in [4.78, 5) is 21.3. The van der Waals surface area contributed by atoms with E-state index in [-0.39, 0.29) is 11.9 Å². The number of anilines is 1. The van der Waals surface area contributed by atoms with E-state index in [0.29, 0.717) is 23.6 Å². The Kier molecular flexibility index (Phi) is 4.55. The van der Waals surface area contributed by atoms with Crippen molar-refractivity contribution >= 4 is 17.4 Å². The third-order valence-corrected chi connectivity index (χ3v) is 4.92. The van der Waals surface area contributed by atoms with Crippen molar-refractivity contribution in [2.75, 3.05) is 5.32 Å². The van der Waals surface area contributed by atoms with Gasteiger partial charge in [-0.05, 0) is 18.9 Å². The van der Waals surface area contributed by atoms with Gasteiger partial charge in [0.1, 0.15) is 11.4 Å². The fourth-order valence-electron chi connectivity index (χ4n) is 3.37. The quantitative estimate of drug-likeness (QED) is 0.733. The lowest BCUT2D eigenvalue weighted by Crippen LogP contribution is -2.36. The number of nitrogens with zero attached hydrogens (tertiary/aromatic N) is 5. The van der Waals surface area contributed by atoms with Gasteiger partial charge in [0.2, 0.25) is 0 Å². The van der Waals surface area contributed by atoms with Crippen molar-refractivity contribution in [3.8, 4) is 0 Å². The maximum absolute atomic E-state index is 12.7. The van der Waals surface area contributed by atoms with E-state index in [2.05, 4.69) is 25.7 Å². The van der Waals surface area contributed by atoms with E-state index >= 15 is 0 Å². The molecule has 136 valence electrons. The first-order valence-electron chi connectivity index (χ1n) is 9.05. The molecule has 0 aromatic carbocycles. The predicted molar refractivity (Wildman–Crippen MR) is 97.9 cm³/mol. The molecule has 4 rings (SSSR count). The highest BCUT2D eigenvalue weighted by Crippen LogP contribution is 2.19. The normalized spacial score (nSPS) is 15.3. The van der Waals surface area contributed by atoms with Gasteiger partial charge < -0.3 is 15.2 Å². The first-order valence-corrected chi connectivity index (χ1v) is 9.05. The van der Waals surface area contributed by atoms with Gasteiger partial charge in [-0.2, -0.15) is 5.10 Å². The van der Waals surface area contributed by atoms with Gasteiger partial charge in [-0.3, -0.25) is 4.79 Å². The number of hydrogen-bond acceptors (Lipinski definition) is 5. The lowest BCUT2D eigenvalue weighted by Gasteiger charge is -2.22. The van der Waals surface area contributed by atoms with Crippen LogP contribution in [-0.4, -0.2) is 36.1 Å². The topological polar surface area (TPSA) is 89.1 Å². The number of rotatable bonds is 5. The first-order chi connectivity index (χ1) is 12.7. The van der Waals surface area contributed by atoms with Crippen LogP contribution < -0.4 is 10.6 Å². The number of aromatic nitrogens is 5. The van der Waals surface area contributed by atoms with Gasteiger partial charge in [0.05, 0.1) is 24.8 Å². The van der Waals surface area contributed by atoms with Crippen LogP contribution in [0.4, 0.5) is 5.82 Å². The van der Waals surface area contributed by atoms with Gasteiger partial charge in [0.15, 0.2) is 5.65 Å². The van der Waals surface area contributed by atoms with Crippen LogP contribution in [-0.2, 0) is 13.6 Å². The number of imidazole rings is 1. The number of nitrogens with one attached hydrogen (secondary N) is 2. The summed E-state index contributed by atoms with van der Waals surface area (Å²) in [5.74, 6) is 0.606. The second kappa shape index (κ2) is 7.15. The van der Waals surface area contributed by atoms with Crippen molar-refractivity contribution in [1.82, 2.24) is 29.5 Å². The van der Waals surface area contributed by atoms with Crippen molar-refractivity contribution in [1.29, 1.82) is 0 Å². The Morgan fingerprint density at radius 3 is 2.88 bits per heavy atom. The van der Waals surface area contributed by atoms with Gasteiger partial charge in [-0.25, -0.2) is 14.5 Å². The maximum atomic E-state index is 12.7. The average molecular weight is 353 g/mol. The molecule has 26 heavy (non-hydrogen) atoms. The predicted octanol–water partition coefficient (Wildman–Crippen LogP) is 2.14. The van der Waals surface area contributed by atoms with Crippen molar-refractivity contribution < 1.29 is 4.79 Å². The van der Waals surface area contributed by atoms with Gasteiger partial charge in [0, 0.05) is 25.5 Å². The van der Waals surface area contributed by atoms with E-state index < -0.39 is 0 Å². The number of aryl methyl sites for hydroxylation is 1. The van der Waals surface area contributed by atoms with Crippen LogP contribution in [0.25, 0.3) is 5.65 Å². The smallest absolute Gasteiger partial charge is 0.256 e. The average Bonchev–Trinajstić information content (AvgIpc) is 3.26. The number of carbonyl (C=O) groups is 1. The summed E-state index contributed by atoms with van der Waals surface area (Å²) in [5.41, 5.74) is 2.13. The molecule has 1 saturated carbocycles. The second-order valence-corrected chi connectivity index (χ2v) is 6.80. The highest BCUT2D eigenvalue weighted by Gasteiger charge is 2.20. The van der Waals surface area contributed by atoms with E-state index in [4.69, 9.17) is 0 Å². The lowest BCUT2D eigenvalue weighted by molar-refractivity contribution is 0.0929. The molecule has 1 amide bonds. The molecule has 0 saturated heterocycles. The van der Waals surface area contributed by atoms with Crippen molar-refractivity contribution in [2.24, 2.45) is 7.05 Å². The van der Waals surface area contributed by atoms with Gasteiger partial charge >= 0.3 is 0 Å². The molecule has 8 heteroatoms. The molecule has 0 bridgehead atoms. The number of carbonyl (C=O) groups excluding carboxylic acids is 1. The van der Waals surface area contributed by atoms with Crippen LogP contribution in [0, 0.1) is 0 Å². The second-order valence-electron chi connectivity index (χ2n) is 6.80. The third-order valence-electron chi connectivity index (χ3n) is 4.92. The van der Waals surface area contributed by atoms with Crippen molar-refractivity contribution in [3.05, 3.63) is 42.2 Å². The Morgan fingerprint density at radius 2 is 2.12 bits per heavy atom. The largest absolute Gasteiger partial charge is 0.364 e. The minimum atomic E-state index is -0.0943. The first kappa shape index (κ1) is 16.6. The molecule has 3 heterocycles. The molecular weight excluding hydrogens is 330 g/mol. The van der Waals surface area contributed by atoms with Gasteiger partial charge in [-0.1, -0.05) is 19.3 Å². The molecule has 1 aliphatic carbocycles. The van der Waals surface area contributed by atoms with Crippen LogP contribution in [0.1, 0.15) is 48.2 Å². The fourth-order valence-corrected chi connectivity index (χ4v) is 3.37. The van der Waals surface area contributed by atoms with E-state index in [0.717, 1.165) is 18.5 Å². The summed E-state index contributed by atoms with van der Waals surface area (Å²) in [7, 11) is 1.95. The molecule has 0 spiro atoms. The molecule has 0 atom stereocenters. The maximum Gasteiger partial charge on any atom is 0.256 e. The fraction of sp³-hybridized carbons (Fsp3) is 0.444. The monoisotopic (exact) mass is 353 g/mol. The van der Waals surface area contributed by atoms with Crippen LogP contribution in [0.5, 0.6) is 0 Å². The van der Waals surface area contributed by atoms with Crippen molar-refractivity contribution in [2.45, 2.75) is 44.7 Å². The molecule has 3 aromatic rings.